The summed E-state index contributed by atoms with van der Waals surface area (Å²) in [5, 5.41) is 3.28. The van der Waals surface area contributed by atoms with Crippen molar-refractivity contribution in [2.24, 2.45) is 5.92 Å². The van der Waals surface area contributed by atoms with E-state index < -0.39 is 0 Å². The van der Waals surface area contributed by atoms with Crippen LogP contribution in [0.3, 0.4) is 0 Å². The molecule has 1 saturated carbocycles. The minimum atomic E-state index is -0.351. The predicted molar refractivity (Wildman–Crippen MR) is 99.2 cm³/mol. The summed E-state index contributed by atoms with van der Waals surface area (Å²) in [4.78, 5) is 14.8. The molecule has 3 rings (SSSR count). The van der Waals surface area contributed by atoms with Gasteiger partial charge in [-0.15, -0.1) is 0 Å². The Morgan fingerprint density at radius 3 is 2.77 bits per heavy atom. The van der Waals surface area contributed by atoms with E-state index >= 15 is 0 Å². The molecule has 1 aliphatic carbocycles. The first kappa shape index (κ1) is 19.1. The monoisotopic (exact) mass is 364 g/mol. The van der Waals surface area contributed by atoms with E-state index in [-0.39, 0.29) is 23.7 Å². The van der Waals surface area contributed by atoms with Gasteiger partial charge in [-0.25, -0.2) is 4.39 Å². The van der Waals surface area contributed by atoms with Crippen molar-refractivity contribution in [2.45, 2.75) is 45.1 Å². The molecule has 1 amide bonds. The fourth-order valence-corrected chi connectivity index (χ4v) is 3.46. The normalized spacial score (nSPS) is 20.0. The van der Waals surface area contributed by atoms with E-state index in [1.54, 1.807) is 18.1 Å². The van der Waals surface area contributed by atoms with Crippen LogP contribution in [0.2, 0.25) is 0 Å². The molecule has 0 spiro atoms. The Morgan fingerprint density at radius 1 is 1.31 bits per heavy atom. The number of carbonyl (C=O) groups is 1. The van der Waals surface area contributed by atoms with E-state index in [9.17, 15) is 9.18 Å². The average molecular weight is 364 g/mol. The van der Waals surface area contributed by atoms with E-state index in [2.05, 4.69) is 5.32 Å². The topological polar surface area (TPSA) is 50.8 Å². The molecule has 26 heavy (non-hydrogen) atoms. The summed E-state index contributed by atoms with van der Waals surface area (Å²) in [5.41, 5.74) is 1.10. The highest BCUT2D eigenvalue weighted by Crippen LogP contribution is 2.38. The molecule has 6 heteroatoms. The number of nitrogens with one attached hydrogen (secondary N) is 1. The molecule has 1 aromatic carbocycles. The molecule has 0 bridgehead atoms. The van der Waals surface area contributed by atoms with Crippen LogP contribution in [0.4, 0.5) is 10.1 Å². The second-order valence-corrected chi connectivity index (χ2v) is 7.25. The first-order chi connectivity index (χ1) is 12.6. The van der Waals surface area contributed by atoms with E-state index in [4.69, 9.17) is 9.47 Å². The number of benzene rings is 1. The van der Waals surface area contributed by atoms with Crippen molar-refractivity contribution in [2.75, 3.05) is 38.3 Å². The molecule has 1 aliphatic heterocycles. The number of piperidine rings is 1. The van der Waals surface area contributed by atoms with Crippen LogP contribution in [0.1, 0.15) is 37.7 Å². The summed E-state index contributed by atoms with van der Waals surface area (Å²) in [6.45, 7) is 4.58. The van der Waals surface area contributed by atoms with Gasteiger partial charge in [0, 0.05) is 38.8 Å². The Bertz CT molecular complexity index is 628. The molecule has 0 unspecified atom stereocenters. The number of hydrogen-bond acceptors (Lipinski definition) is 4. The second kappa shape index (κ2) is 8.82. The van der Waals surface area contributed by atoms with Gasteiger partial charge < -0.3 is 19.7 Å². The fraction of sp³-hybridized carbons (Fsp3) is 0.650. The molecule has 1 heterocycles. The van der Waals surface area contributed by atoms with Crippen LogP contribution in [0.15, 0.2) is 12.1 Å². The molecule has 5 nitrogen and oxygen atoms in total. The van der Waals surface area contributed by atoms with Gasteiger partial charge in [0.25, 0.3) is 0 Å². The van der Waals surface area contributed by atoms with Crippen LogP contribution in [0, 0.1) is 18.7 Å². The van der Waals surface area contributed by atoms with E-state index in [1.807, 2.05) is 6.92 Å². The van der Waals surface area contributed by atoms with Gasteiger partial charge in [-0.1, -0.05) is 0 Å². The lowest BCUT2D eigenvalue weighted by atomic mass is 9.97. The third-order valence-corrected chi connectivity index (χ3v) is 5.05. The van der Waals surface area contributed by atoms with Crippen LogP contribution >= 0.6 is 0 Å². The average Bonchev–Trinajstić information content (AvgIpc) is 3.47. The van der Waals surface area contributed by atoms with Gasteiger partial charge in [0.2, 0.25) is 5.91 Å². The maximum atomic E-state index is 14.8. The van der Waals surface area contributed by atoms with Crippen LogP contribution in [-0.2, 0) is 9.53 Å². The van der Waals surface area contributed by atoms with E-state index in [0.29, 0.717) is 31.2 Å². The summed E-state index contributed by atoms with van der Waals surface area (Å²) in [6, 6.07) is 3.29. The number of halogens is 1. The molecular weight excluding hydrogens is 335 g/mol. The van der Waals surface area contributed by atoms with Crippen molar-refractivity contribution in [3.8, 4) is 5.75 Å². The summed E-state index contributed by atoms with van der Waals surface area (Å²) < 4.78 is 25.6. The smallest absolute Gasteiger partial charge is 0.231 e. The molecule has 1 aromatic rings. The van der Waals surface area contributed by atoms with Crippen molar-refractivity contribution in [3.63, 3.8) is 0 Å². The lowest BCUT2D eigenvalue weighted by Gasteiger charge is -2.30. The third kappa shape index (κ3) is 4.54. The molecule has 0 aromatic heterocycles. The highest BCUT2D eigenvalue weighted by molar-refractivity contribution is 5.96. The number of rotatable bonds is 8. The van der Waals surface area contributed by atoms with Gasteiger partial charge in [0.15, 0.2) is 0 Å². The van der Waals surface area contributed by atoms with Crippen LogP contribution in [0.25, 0.3) is 0 Å². The number of methoxy groups -OCH3 is 1. The minimum Gasteiger partial charge on any atom is -0.493 e. The first-order valence-corrected chi connectivity index (χ1v) is 9.57. The number of hydrogen-bond donors (Lipinski definition) is 1. The Hall–Kier alpha value is -1.66. The summed E-state index contributed by atoms with van der Waals surface area (Å²) in [7, 11) is 1.65. The van der Waals surface area contributed by atoms with Gasteiger partial charge in [-0.3, -0.25) is 4.79 Å². The molecule has 1 atom stereocenters. The molecule has 1 N–H and O–H groups in total. The molecule has 0 radical (unpaired) electrons. The van der Waals surface area contributed by atoms with Gasteiger partial charge in [0.05, 0.1) is 18.2 Å². The zero-order valence-corrected chi connectivity index (χ0v) is 15.7. The largest absolute Gasteiger partial charge is 0.493 e. The highest BCUT2D eigenvalue weighted by atomic mass is 19.1. The number of nitrogens with zero attached hydrogens (tertiary/aromatic N) is 1. The lowest BCUT2D eigenvalue weighted by Crippen LogP contribution is -2.44. The summed E-state index contributed by atoms with van der Waals surface area (Å²) >= 11 is 0. The Kier molecular flexibility index (Phi) is 6.48. The van der Waals surface area contributed by atoms with Crippen molar-refractivity contribution in [3.05, 3.63) is 23.5 Å². The summed E-state index contributed by atoms with van der Waals surface area (Å²) in [6.07, 6.45) is 4.48. The van der Waals surface area contributed by atoms with E-state index in [0.717, 1.165) is 44.2 Å². The number of amides is 1. The SMILES string of the molecule is COCCCOc1cc(N(C(=O)[C@@H]2CCCNC2)C2CC2)c(F)cc1C. The van der Waals surface area contributed by atoms with Crippen molar-refractivity contribution >= 4 is 11.6 Å². The van der Waals surface area contributed by atoms with E-state index in [1.165, 1.54) is 6.07 Å². The Balaban J connectivity index is 1.80. The van der Waals surface area contributed by atoms with Crippen molar-refractivity contribution in [1.29, 1.82) is 0 Å². The maximum absolute atomic E-state index is 14.8. The maximum Gasteiger partial charge on any atom is 0.231 e. The summed E-state index contributed by atoms with van der Waals surface area (Å²) in [5.74, 6) is 0.248. The number of carbonyl (C=O) groups excluding carboxylic acids is 1. The second-order valence-electron chi connectivity index (χ2n) is 7.25. The fourth-order valence-electron chi connectivity index (χ4n) is 3.46. The highest BCUT2D eigenvalue weighted by Gasteiger charge is 2.38. The molecular formula is C20H29FN2O3. The quantitative estimate of drug-likeness (QED) is 0.721. The van der Waals surface area contributed by atoms with Crippen molar-refractivity contribution < 1.29 is 18.7 Å². The van der Waals surface area contributed by atoms with Gasteiger partial charge in [0.1, 0.15) is 11.6 Å². The van der Waals surface area contributed by atoms with Crippen LogP contribution < -0.4 is 15.0 Å². The Morgan fingerprint density at radius 2 is 2.12 bits per heavy atom. The van der Waals surface area contributed by atoms with Crippen molar-refractivity contribution in [1.82, 2.24) is 5.32 Å². The van der Waals surface area contributed by atoms with Gasteiger partial charge in [-0.2, -0.15) is 0 Å². The van der Waals surface area contributed by atoms with Gasteiger partial charge in [-0.05, 0) is 50.8 Å². The molecule has 2 aliphatic rings. The number of ether oxygens (including phenoxy) is 2. The number of aryl methyl sites for hydroxylation is 1. The van der Waals surface area contributed by atoms with Crippen LogP contribution in [0.5, 0.6) is 5.75 Å². The molecule has 1 saturated heterocycles. The lowest BCUT2D eigenvalue weighted by molar-refractivity contribution is -0.123. The molecule has 2 fully saturated rings. The predicted octanol–water partition coefficient (Wildman–Crippen LogP) is 3.04. The minimum absolute atomic E-state index is 0.0350. The number of anilines is 1. The third-order valence-electron chi connectivity index (χ3n) is 5.05. The standard InChI is InChI=1S/C20H29FN2O3/c1-14-11-17(21)18(12-19(14)26-10-4-9-25-2)23(16-6-7-16)20(24)15-5-3-8-22-13-15/h11-12,15-16,22H,3-10,13H2,1-2H3/t15-/m1/s1. The molecule has 144 valence electrons. The zero-order chi connectivity index (χ0) is 18.5. The van der Waals surface area contributed by atoms with Crippen LogP contribution in [-0.4, -0.2) is 45.4 Å². The zero-order valence-electron chi connectivity index (χ0n) is 15.7. The Labute approximate surface area is 154 Å². The first-order valence-electron chi connectivity index (χ1n) is 9.57. The van der Waals surface area contributed by atoms with Gasteiger partial charge >= 0.3 is 0 Å².